The molecule has 0 heterocycles. The maximum atomic E-state index is 5.68. The molecule has 1 aromatic rings. The van der Waals surface area contributed by atoms with Gasteiger partial charge in [0, 0.05) is 5.56 Å². The Morgan fingerprint density at radius 2 is 2.00 bits per heavy atom. The summed E-state index contributed by atoms with van der Waals surface area (Å²) in [5.74, 6) is 5.66. The van der Waals surface area contributed by atoms with E-state index in [1.54, 1.807) is 6.07 Å². The third-order valence-electron chi connectivity index (χ3n) is 1.75. The SMILES string of the molecule is Cc1cc(C#CCN)cc(N)c1N. The number of rotatable bonds is 0. The molecule has 0 bridgehead atoms. The summed E-state index contributed by atoms with van der Waals surface area (Å²) in [4.78, 5) is 0. The van der Waals surface area contributed by atoms with Gasteiger partial charge in [-0.2, -0.15) is 0 Å². The first-order valence-corrected chi connectivity index (χ1v) is 3.99. The lowest BCUT2D eigenvalue weighted by molar-refractivity contribution is 1.30. The number of nitrogen functional groups attached to an aromatic ring is 2. The van der Waals surface area contributed by atoms with E-state index in [-0.39, 0.29) is 0 Å². The molecule has 13 heavy (non-hydrogen) atoms. The van der Waals surface area contributed by atoms with Crippen LogP contribution < -0.4 is 17.2 Å². The predicted molar refractivity (Wildman–Crippen MR) is 55.9 cm³/mol. The van der Waals surface area contributed by atoms with Gasteiger partial charge in [-0.05, 0) is 24.6 Å². The lowest BCUT2D eigenvalue weighted by Crippen LogP contribution is -1.98. The minimum atomic E-state index is 0.351. The van der Waals surface area contributed by atoms with E-state index < -0.39 is 0 Å². The summed E-state index contributed by atoms with van der Waals surface area (Å²) in [6.07, 6.45) is 0. The molecule has 6 N–H and O–H groups in total. The molecular formula is C10H13N3. The zero-order valence-corrected chi connectivity index (χ0v) is 7.59. The molecule has 0 saturated carbocycles. The molecule has 0 saturated heterocycles. The number of hydrogen-bond donors (Lipinski definition) is 3. The van der Waals surface area contributed by atoms with Gasteiger partial charge in [0.05, 0.1) is 17.9 Å². The molecule has 0 unspecified atom stereocenters. The van der Waals surface area contributed by atoms with Gasteiger partial charge >= 0.3 is 0 Å². The first-order valence-electron chi connectivity index (χ1n) is 3.99. The summed E-state index contributed by atoms with van der Waals surface area (Å²) in [5.41, 5.74) is 19.6. The second kappa shape index (κ2) is 3.83. The Balaban J connectivity index is 3.13. The van der Waals surface area contributed by atoms with Gasteiger partial charge in [0.1, 0.15) is 0 Å². The fourth-order valence-corrected chi connectivity index (χ4v) is 1.05. The molecule has 0 aliphatic carbocycles. The van der Waals surface area contributed by atoms with Crippen LogP contribution in [0.25, 0.3) is 0 Å². The van der Waals surface area contributed by atoms with E-state index in [0.717, 1.165) is 11.1 Å². The minimum Gasteiger partial charge on any atom is -0.397 e. The number of aryl methyl sites for hydroxylation is 1. The lowest BCUT2D eigenvalue weighted by Gasteiger charge is -2.04. The highest BCUT2D eigenvalue weighted by molar-refractivity contribution is 5.69. The van der Waals surface area contributed by atoms with E-state index in [2.05, 4.69) is 11.8 Å². The Kier molecular flexibility index (Phi) is 2.78. The van der Waals surface area contributed by atoms with Crippen LogP contribution in [0.15, 0.2) is 12.1 Å². The van der Waals surface area contributed by atoms with Crippen molar-refractivity contribution in [3.63, 3.8) is 0 Å². The van der Waals surface area contributed by atoms with Gasteiger partial charge in [0.15, 0.2) is 0 Å². The minimum absolute atomic E-state index is 0.351. The molecule has 0 aliphatic heterocycles. The van der Waals surface area contributed by atoms with Crippen LogP contribution in [0.1, 0.15) is 11.1 Å². The van der Waals surface area contributed by atoms with Crippen molar-refractivity contribution in [3.05, 3.63) is 23.3 Å². The Morgan fingerprint density at radius 3 is 2.54 bits per heavy atom. The van der Waals surface area contributed by atoms with E-state index in [0.29, 0.717) is 17.9 Å². The smallest absolute Gasteiger partial charge is 0.0578 e. The largest absolute Gasteiger partial charge is 0.397 e. The van der Waals surface area contributed by atoms with Crippen LogP contribution in [-0.4, -0.2) is 6.54 Å². The summed E-state index contributed by atoms with van der Waals surface area (Å²) in [6.45, 7) is 2.25. The molecule has 0 aliphatic rings. The van der Waals surface area contributed by atoms with Gasteiger partial charge in [-0.25, -0.2) is 0 Å². The fraction of sp³-hybridized carbons (Fsp3) is 0.200. The molecule has 0 atom stereocenters. The van der Waals surface area contributed by atoms with Crippen molar-refractivity contribution in [2.75, 3.05) is 18.0 Å². The van der Waals surface area contributed by atoms with Crippen LogP contribution in [0.3, 0.4) is 0 Å². The van der Waals surface area contributed by atoms with Gasteiger partial charge in [-0.1, -0.05) is 11.8 Å². The van der Waals surface area contributed by atoms with Crippen molar-refractivity contribution in [3.8, 4) is 11.8 Å². The molecular weight excluding hydrogens is 162 g/mol. The van der Waals surface area contributed by atoms with E-state index in [4.69, 9.17) is 17.2 Å². The summed E-state index contributed by atoms with van der Waals surface area (Å²) in [5, 5.41) is 0. The van der Waals surface area contributed by atoms with Crippen LogP contribution in [0.5, 0.6) is 0 Å². The maximum Gasteiger partial charge on any atom is 0.0578 e. The van der Waals surface area contributed by atoms with Gasteiger partial charge in [-0.3, -0.25) is 0 Å². The van der Waals surface area contributed by atoms with Crippen molar-refractivity contribution in [2.24, 2.45) is 5.73 Å². The molecule has 0 radical (unpaired) electrons. The zero-order valence-electron chi connectivity index (χ0n) is 7.59. The summed E-state index contributed by atoms with van der Waals surface area (Å²) in [6, 6.07) is 3.65. The zero-order chi connectivity index (χ0) is 9.84. The van der Waals surface area contributed by atoms with Gasteiger partial charge in [0.2, 0.25) is 0 Å². The Morgan fingerprint density at radius 1 is 1.31 bits per heavy atom. The third kappa shape index (κ3) is 2.14. The van der Waals surface area contributed by atoms with E-state index in [1.165, 1.54) is 0 Å². The average molecular weight is 175 g/mol. The first kappa shape index (κ1) is 9.43. The topological polar surface area (TPSA) is 78.1 Å². The van der Waals surface area contributed by atoms with Crippen LogP contribution in [0, 0.1) is 18.8 Å². The average Bonchev–Trinajstić information content (AvgIpc) is 2.10. The monoisotopic (exact) mass is 175 g/mol. The van der Waals surface area contributed by atoms with E-state index in [9.17, 15) is 0 Å². The molecule has 0 spiro atoms. The number of anilines is 2. The van der Waals surface area contributed by atoms with Crippen molar-refractivity contribution < 1.29 is 0 Å². The highest BCUT2D eigenvalue weighted by Crippen LogP contribution is 2.20. The van der Waals surface area contributed by atoms with Crippen molar-refractivity contribution in [2.45, 2.75) is 6.92 Å². The third-order valence-corrected chi connectivity index (χ3v) is 1.75. The molecule has 0 amide bonds. The fourth-order valence-electron chi connectivity index (χ4n) is 1.05. The molecule has 0 aromatic heterocycles. The number of hydrogen-bond acceptors (Lipinski definition) is 3. The predicted octanol–water partition coefficient (Wildman–Crippen LogP) is 0.470. The molecule has 68 valence electrons. The van der Waals surface area contributed by atoms with Crippen LogP contribution in [0.4, 0.5) is 11.4 Å². The van der Waals surface area contributed by atoms with Crippen LogP contribution in [-0.2, 0) is 0 Å². The molecule has 3 heteroatoms. The first-order chi connectivity index (χ1) is 6.15. The standard InChI is InChI=1S/C10H13N3/c1-7-5-8(3-2-4-11)6-9(12)10(7)13/h5-6H,4,11-13H2,1H3. The second-order valence-electron chi connectivity index (χ2n) is 2.80. The lowest BCUT2D eigenvalue weighted by atomic mass is 10.1. The van der Waals surface area contributed by atoms with Gasteiger partial charge < -0.3 is 17.2 Å². The quantitative estimate of drug-likeness (QED) is 0.396. The highest BCUT2D eigenvalue weighted by atomic mass is 14.7. The molecule has 1 rings (SSSR count). The van der Waals surface area contributed by atoms with Crippen LogP contribution in [0.2, 0.25) is 0 Å². The van der Waals surface area contributed by atoms with Crippen molar-refractivity contribution in [1.29, 1.82) is 0 Å². The van der Waals surface area contributed by atoms with Crippen LogP contribution >= 0.6 is 0 Å². The summed E-state index contributed by atoms with van der Waals surface area (Å²) >= 11 is 0. The summed E-state index contributed by atoms with van der Waals surface area (Å²) < 4.78 is 0. The molecule has 0 fully saturated rings. The number of nitrogens with two attached hydrogens (primary N) is 3. The van der Waals surface area contributed by atoms with Gasteiger partial charge in [0.25, 0.3) is 0 Å². The normalized spacial score (nSPS) is 9.08. The van der Waals surface area contributed by atoms with E-state index in [1.807, 2.05) is 13.0 Å². The Labute approximate surface area is 77.9 Å². The number of benzene rings is 1. The second-order valence-corrected chi connectivity index (χ2v) is 2.80. The van der Waals surface area contributed by atoms with E-state index >= 15 is 0 Å². The Bertz CT molecular complexity index is 348. The van der Waals surface area contributed by atoms with Crippen molar-refractivity contribution in [1.82, 2.24) is 0 Å². The molecule has 1 aromatic carbocycles. The Hall–Kier alpha value is -1.66. The molecule has 3 nitrogen and oxygen atoms in total. The van der Waals surface area contributed by atoms with Crippen molar-refractivity contribution >= 4 is 11.4 Å². The van der Waals surface area contributed by atoms with Gasteiger partial charge in [-0.15, -0.1) is 0 Å². The highest BCUT2D eigenvalue weighted by Gasteiger charge is 1.99. The maximum absolute atomic E-state index is 5.68. The summed E-state index contributed by atoms with van der Waals surface area (Å²) in [7, 11) is 0.